The number of nitrogens with zero attached hydrogens (tertiary/aromatic N) is 3. The van der Waals surface area contributed by atoms with Crippen LogP contribution in [-0.2, 0) is 0 Å². The Morgan fingerprint density at radius 2 is 2.50 bits per heavy atom. The molecule has 1 heterocycles. The molecule has 0 aliphatic heterocycles. The Morgan fingerprint density at radius 3 is 2.93 bits per heavy atom. The highest BCUT2D eigenvalue weighted by molar-refractivity contribution is 5.02. The van der Waals surface area contributed by atoms with E-state index in [2.05, 4.69) is 11.2 Å². The number of aromatic nitrogens is 2. The van der Waals surface area contributed by atoms with Crippen LogP contribution >= 0.6 is 0 Å². The Morgan fingerprint density at radius 1 is 1.71 bits per heavy atom. The SMILES string of the molecule is Cc1cnn(C(CC#N)C2CCC2)c1. The van der Waals surface area contributed by atoms with E-state index in [1.807, 2.05) is 24.0 Å². The number of hydrogen-bond donors (Lipinski definition) is 0. The third kappa shape index (κ3) is 1.65. The minimum absolute atomic E-state index is 0.308. The first-order valence-corrected chi connectivity index (χ1v) is 5.19. The molecule has 0 bridgehead atoms. The van der Waals surface area contributed by atoms with Crippen LogP contribution in [0.3, 0.4) is 0 Å². The summed E-state index contributed by atoms with van der Waals surface area (Å²) in [6.45, 7) is 2.04. The molecule has 74 valence electrons. The van der Waals surface area contributed by atoms with Crippen molar-refractivity contribution in [3.63, 3.8) is 0 Å². The van der Waals surface area contributed by atoms with Gasteiger partial charge in [0.05, 0.1) is 24.7 Å². The zero-order valence-electron chi connectivity index (χ0n) is 8.48. The molecule has 1 aliphatic carbocycles. The van der Waals surface area contributed by atoms with Crippen LogP contribution < -0.4 is 0 Å². The lowest BCUT2D eigenvalue weighted by Crippen LogP contribution is -2.25. The lowest BCUT2D eigenvalue weighted by molar-refractivity contribution is 0.199. The van der Waals surface area contributed by atoms with Gasteiger partial charge in [0.2, 0.25) is 0 Å². The van der Waals surface area contributed by atoms with Crippen molar-refractivity contribution in [1.82, 2.24) is 9.78 Å². The molecule has 1 saturated carbocycles. The summed E-state index contributed by atoms with van der Waals surface area (Å²) in [4.78, 5) is 0. The molecule has 0 N–H and O–H groups in total. The third-order valence-corrected chi connectivity index (χ3v) is 3.06. The van der Waals surface area contributed by atoms with E-state index in [9.17, 15) is 0 Å². The van der Waals surface area contributed by atoms with Crippen LogP contribution in [-0.4, -0.2) is 9.78 Å². The molecule has 1 unspecified atom stereocenters. The van der Waals surface area contributed by atoms with E-state index < -0.39 is 0 Å². The highest BCUT2D eigenvalue weighted by Crippen LogP contribution is 2.37. The van der Waals surface area contributed by atoms with E-state index in [1.165, 1.54) is 24.8 Å². The predicted molar refractivity (Wildman–Crippen MR) is 53.6 cm³/mol. The lowest BCUT2D eigenvalue weighted by Gasteiger charge is -2.32. The minimum atomic E-state index is 0.308. The first-order chi connectivity index (χ1) is 6.81. The van der Waals surface area contributed by atoms with Crippen molar-refractivity contribution < 1.29 is 0 Å². The molecule has 3 nitrogen and oxygen atoms in total. The van der Waals surface area contributed by atoms with Crippen molar-refractivity contribution in [2.24, 2.45) is 5.92 Å². The van der Waals surface area contributed by atoms with Gasteiger partial charge in [0.1, 0.15) is 0 Å². The monoisotopic (exact) mass is 189 g/mol. The van der Waals surface area contributed by atoms with Crippen molar-refractivity contribution >= 4 is 0 Å². The van der Waals surface area contributed by atoms with E-state index in [-0.39, 0.29) is 0 Å². The number of hydrogen-bond acceptors (Lipinski definition) is 2. The van der Waals surface area contributed by atoms with Crippen LogP contribution in [0, 0.1) is 24.2 Å². The molecule has 3 heteroatoms. The molecule has 14 heavy (non-hydrogen) atoms. The van der Waals surface area contributed by atoms with Crippen LogP contribution in [0.15, 0.2) is 12.4 Å². The van der Waals surface area contributed by atoms with Crippen LogP contribution in [0.25, 0.3) is 0 Å². The van der Waals surface area contributed by atoms with Gasteiger partial charge in [-0.05, 0) is 31.2 Å². The van der Waals surface area contributed by atoms with Gasteiger partial charge in [-0.15, -0.1) is 0 Å². The molecular weight excluding hydrogens is 174 g/mol. The second-order valence-electron chi connectivity index (χ2n) is 4.12. The molecule has 2 rings (SSSR count). The van der Waals surface area contributed by atoms with E-state index in [0.717, 1.165) is 0 Å². The Bertz CT molecular complexity index is 344. The third-order valence-electron chi connectivity index (χ3n) is 3.06. The summed E-state index contributed by atoms with van der Waals surface area (Å²) < 4.78 is 1.97. The second kappa shape index (κ2) is 3.83. The largest absolute Gasteiger partial charge is 0.268 e. The van der Waals surface area contributed by atoms with E-state index in [1.54, 1.807) is 0 Å². The topological polar surface area (TPSA) is 41.6 Å². The summed E-state index contributed by atoms with van der Waals surface area (Å²) in [7, 11) is 0. The average Bonchev–Trinajstić information content (AvgIpc) is 2.48. The fourth-order valence-electron chi connectivity index (χ4n) is 2.01. The quantitative estimate of drug-likeness (QED) is 0.732. The predicted octanol–water partition coefficient (Wildman–Crippen LogP) is 2.45. The standard InChI is InChI=1S/C11H15N3/c1-9-7-13-14(8-9)11(5-6-12)10-3-2-4-10/h7-8,10-11H,2-5H2,1H3. The number of rotatable bonds is 3. The molecule has 1 aromatic rings. The van der Waals surface area contributed by atoms with E-state index in [0.29, 0.717) is 18.4 Å². The summed E-state index contributed by atoms with van der Waals surface area (Å²) in [6.07, 6.45) is 8.32. The zero-order chi connectivity index (χ0) is 9.97. The average molecular weight is 189 g/mol. The molecule has 0 aromatic carbocycles. The smallest absolute Gasteiger partial charge is 0.0677 e. The maximum absolute atomic E-state index is 8.78. The molecule has 1 atom stereocenters. The van der Waals surface area contributed by atoms with Gasteiger partial charge >= 0.3 is 0 Å². The Balaban J connectivity index is 2.13. The zero-order valence-corrected chi connectivity index (χ0v) is 8.48. The summed E-state index contributed by atoms with van der Waals surface area (Å²) in [5.74, 6) is 0.675. The second-order valence-corrected chi connectivity index (χ2v) is 4.12. The van der Waals surface area contributed by atoms with Gasteiger partial charge in [0.15, 0.2) is 0 Å². The summed E-state index contributed by atoms with van der Waals surface area (Å²) in [5, 5.41) is 13.1. The molecule has 1 fully saturated rings. The van der Waals surface area contributed by atoms with Gasteiger partial charge in [-0.2, -0.15) is 10.4 Å². The van der Waals surface area contributed by atoms with Crippen molar-refractivity contribution in [3.8, 4) is 6.07 Å². The summed E-state index contributed by atoms with van der Waals surface area (Å²) >= 11 is 0. The minimum Gasteiger partial charge on any atom is -0.268 e. The summed E-state index contributed by atoms with van der Waals surface area (Å²) in [5.41, 5.74) is 1.17. The number of nitriles is 1. The van der Waals surface area contributed by atoms with Crippen LogP contribution in [0.2, 0.25) is 0 Å². The van der Waals surface area contributed by atoms with Gasteiger partial charge in [0, 0.05) is 6.20 Å². The van der Waals surface area contributed by atoms with Crippen molar-refractivity contribution in [3.05, 3.63) is 18.0 Å². The maximum Gasteiger partial charge on any atom is 0.0677 e. The van der Waals surface area contributed by atoms with Gasteiger partial charge in [-0.3, -0.25) is 4.68 Å². The van der Waals surface area contributed by atoms with Crippen LogP contribution in [0.4, 0.5) is 0 Å². The molecule has 1 aromatic heterocycles. The fraction of sp³-hybridized carbons (Fsp3) is 0.636. The molecule has 1 aliphatic rings. The van der Waals surface area contributed by atoms with Gasteiger partial charge in [-0.25, -0.2) is 0 Å². The van der Waals surface area contributed by atoms with E-state index >= 15 is 0 Å². The van der Waals surface area contributed by atoms with Gasteiger partial charge < -0.3 is 0 Å². The van der Waals surface area contributed by atoms with Crippen molar-refractivity contribution in [1.29, 1.82) is 5.26 Å². The highest BCUT2D eigenvalue weighted by atomic mass is 15.3. The maximum atomic E-state index is 8.78. The van der Waals surface area contributed by atoms with E-state index in [4.69, 9.17) is 5.26 Å². The molecule has 0 saturated heterocycles. The van der Waals surface area contributed by atoms with Gasteiger partial charge in [0.25, 0.3) is 0 Å². The van der Waals surface area contributed by atoms with Gasteiger partial charge in [-0.1, -0.05) is 6.42 Å². The lowest BCUT2D eigenvalue weighted by atomic mass is 9.79. The molecule has 0 radical (unpaired) electrons. The summed E-state index contributed by atoms with van der Waals surface area (Å²) in [6, 6.07) is 2.57. The first kappa shape index (κ1) is 9.26. The van der Waals surface area contributed by atoms with Crippen LogP contribution in [0.1, 0.15) is 37.3 Å². The Labute approximate surface area is 84.3 Å². The Hall–Kier alpha value is -1.30. The van der Waals surface area contributed by atoms with Crippen molar-refractivity contribution in [2.75, 3.05) is 0 Å². The molecule has 0 spiro atoms. The fourth-order valence-corrected chi connectivity index (χ4v) is 2.01. The molecule has 0 amide bonds. The van der Waals surface area contributed by atoms with Crippen molar-refractivity contribution in [2.45, 2.75) is 38.6 Å². The normalized spacial score (nSPS) is 18.6. The highest BCUT2D eigenvalue weighted by Gasteiger charge is 2.28. The molecular formula is C11H15N3. The first-order valence-electron chi connectivity index (χ1n) is 5.19. The van der Waals surface area contributed by atoms with Crippen LogP contribution in [0.5, 0.6) is 0 Å². The Kier molecular flexibility index (Phi) is 2.53. The number of aryl methyl sites for hydroxylation is 1.